The van der Waals surface area contributed by atoms with Gasteiger partial charge in [-0.2, -0.15) is 0 Å². The summed E-state index contributed by atoms with van der Waals surface area (Å²) in [5.74, 6) is 0.563. The summed E-state index contributed by atoms with van der Waals surface area (Å²) in [5, 5.41) is 4.12. The largest absolute Gasteiger partial charge is 0.460 e. The normalized spacial score (nSPS) is 16.0. The summed E-state index contributed by atoms with van der Waals surface area (Å²) in [5.41, 5.74) is 2.76. The molecule has 7 heteroatoms. The molecular formula is C24H28ClNO4S. The number of carbonyl (C=O) groups is 2. The van der Waals surface area contributed by atoms with E-state index < -0.39 is 5.60 Å². The minimum absolute atomic E-state index is 0.166. The number of ether oxygens (including phenoxy) is 2. The number of nitrogens with one attached hydrogen (secondary N) is 1. The Balaban J connectivity index is 1.70. The molecule has 1 aliphatic rings. The summed E-state index contributed by atoms with van der Waals surface area (Å²) in [7, 11) is 0. The van der Waals surface area contributed by atoms with Gasteiger partial charge in [0.25, 0.3) is 0 Å². The lowest BCUT2D eigenvalue weighted by Gasteiger charge is -2.23. The summed E-state index contributed by atoms with van der Waals surface area (Å²) in [6.07, 6.45) is 1.46. The van der Waals surface area contributed by atoms with Crippen molar-refractivity contribution in [3.8, 4) is 5.75 Å². The Kier molecular flexibility index (Phi) is 7.55. The van der Waals surface area contributed by atoms with Crippen LogP contribution < -0.4 is 10.1 Å². The monoisotopic (exact) mass is 461 g/mol. The van der Waals surface area contributed by atoms with E-state index in [1.54, 1.807) is 23.9 Å². The molecule has 2 aromatic rings. The number of anilines is 1. The van der Waals surface area contributed by atoms with Crippen molar-refractivity contribution in [2.75, 3.05) is 11.9 Å². The predicted molar refractivity (Wildman–Crippen MR) is 125 cm³/mol. The van der Waals surface area contributed by atoms with Crippen LogP contribution in [0.1, 0.15) is 45.2 Å². The summed E-state index contributed by atoms with van der Waals surface area (Å²) in [6, 6.07) is 11.3. The minimum Gasteiger partial charge on any atom is -0.460 e. The number of hydrogen-bond donors (Lipinski definition) is 1. The molecule has 1 atom stereocenters. The molecule has 0 fully saturated rings. The van der Waals surface area contributed by atoms with Crippen molar-refractivity contribution < 1.29 is 19.1 Å². The Morgan fingerprint density at radius 1 is 1.16 bits per heavy atom. The van der Waals surface area contributed by atoms with E-state index in [0.29, 0.717) is 23.7 Å². The van der Waals surface area contributed by atoms with Gasteiger partial charge in [-0.1, -0.05) is 23.7 Å². The fraction of sp³-hybridized carbons (Fsp3) is 0.417. The van der Waals surface area contributed by atoms with Gasteiger partial charge >= 0.3 is 11.9 Å². The van der Waals surface area contributed by atoms with Crippen LogP contribution in [0.15, 0.2) is 41.3 Å². The van der Waals surface area contributed by atoms with Gasteiger partial charge in [0.05, 0.1) is 10.9 Å². The van der Waals surface area contributed by atoms with Crippen LogP contribution in [0, 0.1) is 5.92 Å². The highest BCUT2D eigenvalue weighted by Gasteiger charge is 2.28. The number of rotatable bonds is 5. The van der Waals surface area contributed by atoms with Crippen molar-refractivity contribution in [1.82, 2.24) is 0 Å². The summed E-state index contributed by atoms with van der Waals surface area (Å²) in [6.45, 7) is 7.59. The van der Waals surface area contributed by atoms with Crippen LogP contribution in [-0.2, 0) is 26.5 Å². The van der Waals surface area contributed by atoms with E-state index in [9.17, 15) is 9.59 Å². The zero-order valence-corrected chi connectivity index (χ0v) is 19.9. The molecule has 0 aromatic heterocycles. The average Bonchev–Trinajstić information content (AvgIpc) is 2.89. The van der Waals surface area contributed by atoms with Crippen LogP contribution in [0.2, 0.25) is 5.02 Å². The highest BCUT2D eigenvalue weighted by molar-refractivity contribution is 7.98. The molecule has 166 valence electrons. The van der Waals surface area contributed by atoms with Crippen LogP contribution in [0.5, 0.6) is 5.75 Å². The molecule has 3 rings (SSSR count). The van der Waals surface area contributed by atoms with Crippen LogP contribution in [0.3, 0.4) is 0 Å². The van der Waals surface area contributed by atoms with Gasteiger partial charge in [-0.25, -0.2) is 0 Å². The quantitative estimate of drug-likeness (QED) is 0.341. The Labute approximate surface area is 192 Å². The van der Waals surface area contributed by atoms with Gasteiger partial charge in [-0.05, 0) is 69.0 Å². The van der Waals surface area contributed by atoms with E-state index in [1.807, 2.05) is 45.0 Å². The van der Waals surface area contributed by atoms with Gasteiger partial charge in [0.1, 0.15) is 11.4 Å². The zero-order chi connectivity index (χ0) is 22.6. The molecule has 0 saturated carbocycles. The smallest absolute Gasteiger partial charge is 0.311 e. The van der Waals surface area contributed by atoms with Crippen molar-refractivity contribution in [3.05, 3.63) is 52.5 Å². The SMILES string of the molecule is CC(=O)Oc1ccc(CSc2c(Cl)ccc3c2CCC(C(=O)OC(C)(C)C)CN3)cc1. The van der Waals surface area contributed by atoms with Gasteiger partial charge in [-0.3, -0.25) is 9.59 Å². The minimum atomic E-state index is -0.494. The summed E-state index contributed by atoms with van der Waals surface area (Å²) in [4.78, 5) is 24.6. The third-order valence-electron chi connectivity index (χ3n) is 4.80. The second-order valence-corrected chi connectivity index (χ2v) is 9.97. The van der Waals surface area contributed by atoms with E-state index in [2.05, 4.69) is 5.32 Å². The first-order valence-electron chi connectivity index (χ1n) is 10.3. The van der Waals surface area contributed by atoms with Crippen molar-refractivity contribution in [1.29, 1.82) is 0 Å². The highest BCUT2D eigenvalue weighted by atomic mass is 35.5. The Morgan fingerprint density at radius 3 is 2.52 bits per heavy atom. The van der Waals surface area contributed by atoms with Crippen LogP contribution >= 0.6 is 23.4 Å². The standard InChI is InChI=1S/C24H28ClNO4S/c1-15(27)29-18-8-5-16(6-9-18)14-31-22-19-10-7-17(23(28)30-24(2,3)4)13-26-21(19)12-11-20(22)25/h5-6,8-9,11-12,17,26H,7,10,13-14H2,1-4H3. The lowest BCUT2D eigenvalue weighted by Crippen LogP contribution is -2.31. The Hall–Kier alpha value is -2.18. The number of hydrogen-bond acceptors (Lipinski definition) is 6. The van der Waals surface area contributed by atoms with Gasteiger partial charge in [0.15, 0.2) is 0 Å². The molecule has 0 saturated heterocycles. The van der Waals surface area contributed by atoms with Crippen molar-refractivity contribution in [2.45, 2.75) is 56.8 Å². The molecule has 0 radical (unpaired) electrons. The third-order valence-corrected chi connectivity index (χ3v) is 6.46. The summed E-state index contributed by atoms with van der Waals surface area (Å²) >= 11 is 8.22. The highest BCUT2D eigenvalue weighted by Crippen LogP contribution is 2.39. The average molecular weight is 462 g/mol. The predicted octanol–water partition coefficient (Wildman–Crippen LogP) is 5.87. The van der Waals surface area contributed by atoms with Crippen LogP contribution in [-0.4, -0.2) is 24.1 Å². The second-order valence-electron chi connectivity index (χ2n) is 8.58. The van der Waals surface area contributed by atoms with Gasteiger partial charge in [0.2, 0.25) is 0 Å². The summed E-state index contributed by atoms with van der Waals surface area (Å²) < 4.78 is 10.7. The molecule has 1 N–H and O–H groups in total. The Morgan fingerprint density at radius 2 is 1.87 bits per heavy atom. The fourth-order valence-corrected chi connectivity index (χ4v) is 4.82. The van der Waals surface area contributed by atoms with Crippen molar-refractivity contribution >= 4 is 41.0 Å². The third kappa shape index (κ3) is 6.65. The number of thioether (sulfide) groups is 1. The van der Waals surface area contributed by atoms with E-state index in [1.165, 1.54) is 6.92 Å². The second kappa shape index (κ2) is 9.96. The fourth-order valence-electron chi connectivity index (χ4n) is 3.38. The van der Waals surface area contributed by atoms with Crippen LogP contribution in [0.4, 0.5) is 5.69 Å². The first-order chi connectivity index (χ1) is 14.6. The number of carbonyl (C=O) groups excluding carboxylic acids is 2. The number of benzene rings is 2. The number of esters is 2. The zero-order valence-electron chi connectivity index (χ0n) is 18.3. The molecule has 0 spiro atoms. The molecule has 5 nitrogen and oxygen atoms in total. The topological polar surface area (TPSA) is 64.6 Å². The van der Waals surface area contributed by atoms with E-state index >= 15 is 0 Å². The molecular weight excluding hydrogens is 434 g/mol. The van der Waals surface area contributed by atoms with Gasteiger partial charge < -0.3 is 14.8 Å². The molecule has 0 bridgehead atoms. The maximum Gasteiger partial charge on any atom is 0.311 e. The lowest BCUT2D eigenvalue weighted by molar-refractivity contribution is -0.159. The Bertz CT molecular complexity index is 953. The van der Waals surface area contributed by atoms with Gasteiger partial charge in [-0.15, -0.1) is 11.8 Å². The molecule has 31 heavy (non-hydrogen) atoms. The molecule has 0 amide bonds. The van der Waals surface area contributed by atoms with E-state index in [4.69, 9.17) is 21.1 Å². The maximum absolute atomic E-state index is 12.5. The number of halogens is 1. The van der Waals surface area contributed by atoms with Crippen LogP contribution in [0.25, 0.3) is 0 Å². The number of fused-ring (bicyclic) bond motifs is 1. The first-order valence-corrected chi connectivity index (χ1v) is 11.7. The molecule has 1 aliphatic heterocycles. The van der Waals surface area contributed by atoms with E-state index in [0.717, 1.165) is 33.9 Å². The maximum atomic E-state index is 12.5. The molecule has 0 aliphatic carbocycles. The van der Waals surface area contributed by atoms with Crippen molar-refractivity contribution in [2.24, 2.45) is 5.92 Å². The first kappa shape index (κ1) is 23.5. The van der Waals surface area contributed by atoms with Gasteiger partial charge in [0, 0.05) is 29.8 Å². The lowest BCUT2D eigenvalue weighted by atomic mass is 10.0. The van der Waals surface area contributed by atoms with Crippen molar-refractivity contribution in [3.63, 3.8) is 0 Å². The molecule has 2 aromatic carbocycles. The molecule has 1 heterocycles. The molecule has 1 unspecified atom stereocenters. The van der Waals surface area contributed by atoms with E-state index in [-0.39, 0.29) is 17.9 Å².